The molecule has 2 aromatic carbocycles. The lowest BCUT2D eigenvalue weighted by molar-refractivity contribution is -0.177. The molecule has 1 aliphatic heterocycles. The quantitative estimate of drug-likeness (QED) is 0.575. The first-order valence-corrected chi connectivity index (χ1v) is 13.0. The van der Waals surface area contributed by atoms with Gasteiger partial charge in [0.05, 0.1) is 13.2 Å². The Morgan fingerprint density at radius 2 is 1.80 bits per heavy atom. The molecule has 2 atom stereocenters. The van der Waals surface area contributed by atoms with E-state index in [2.05, 4.69) is 17.4 Å². The Labute approximate surface area is 209 Å². The lowest BCUT2D eigenvalue weighted by Gasteiger charge is -2.39. The van der Waals surface area contributed by atoms with E-state index in [9.17, 15) is 19.5 Å². The summed E-state index contributed by atoms with van der Waals surface area (Å²) in [5.41, 5.74) is 3.02. The molecule has 1 unspecified atom stereocenters. The second-order valence-electron chi connectivity index (χ2n) is 8.95. The van der Waals surface area contributed by atoms with Crippen molar-refractivity contribution in [3.05, 3.63) is 59.7 Å². The number of carboxylic acids is 1. The zero-order chi connectivity index (χ0) is 25.0. The van der Waals surface area contributed by atoms with Crippen molar-refractivity contribution in [1.29, 1.82) is 0 Å². The number of ether oxygens (including phenoxy) is 2. The van der Waals surface area contributed by atoms with E-state index in [0.717, 1.165) is 22.3 Å². The van der Waals surface area contributed by atoms with Crippen LogP contribution in [0.5, 0.6) is 0 Å². The minimum atomic E-state index is -1.47. The van der Waals surface area contributed by atoms with Gasteiger partial charge in [-0.2, -0.15) is 11.8 Å². The fourth-order valence-corrected chi connectivity index (χ4v) is 5.15. The fourth-order valence-electron chi connectivity index (χ4n) is 4.68. The molecule has 8 nitrogen and oxygen atoms in total. The molecule has 4 rings (SSSR count). The Hall–Kier alpha value is -3.04. The molecule has 0 bridgehead atoms. The predicted molar refractivity (Wildman–Crippen MR) is 134 cm³/mol. The Bertz CT molecular complexity index is 1060. The molecule has 9 heteroatoms. The second kappa shape index (κ2) is 10.7. The van der Waals surface area contributed by atoms with Crippen LogP contribution in [-0.4, -0.2) is 77.9 Å². The number of fused-ring (bicyclic) bond motifs is 3. The van der Waals surface area contributed by atoms with Crippen molar-refractivity contribution in [1.82, 2.24) is 10.2 Å². The highest BCUT2D eigenvalue weighted by Crippen LogP contribution is 2.44. The van der Waals surface area contributed by atoms with E-state index in [1.54, 1.807) is 11.8 Å². The van der Waals surface area contributed by atoms with Gasteiger partial charge in [0.2, 0.25) is 5.91 Å². The molecular formula is C26H30N2O6S. The first-order chi connectivity index (χ1) is 16.8. The van der Waals surface area contributed by atoms with Crippen LogP contribution in [-0.2, 0) is 19.1 Å². The summed E-state index contributed by atoms with van der Waals surface area (Å²) in [5, 5.41) is 12.2. The predicted octanol–water partition coefficient (Wildman–Crippen LogP) is 3.35. The van der Waals surface area contributed by atoms with Gasteiger partial charge in [0, 0.05) is 12.5 Å². The highest BCUT2D eigenvalue weighted by Gasteiger charge is 2.42. The first-order valence-electron chi connectivity index (χ1n) is 11.6. The molecule has 1 heterocycles. The van der Waals surface area contributed by atoms with Crippen LogP contribution in [0, 0.1) is 0 Å². The molecule has 2 N–H and O–H groups in total. The maximum absolute atomic E-state index is 13.2. The third-order valence-electron chi connectivity index (χ3n) is 6.58. The molecular weight excluding hydrogens is 468 g/mol. The maximum atomic E-state index is 13.2. The zero-order valence-corrected chi connectivity index (χ0v) is 20.7. The number of alkyl carbamates (subject to hydrolysis) is 1. The van der Waals surface area contributed by atoms with E-state index >= 15 is 0 Å². The van der Waals surface area contributed by atoms with Crippen LogP contribution in [0.25, 0.3) is 11.1 Å². The molecule has 0 saturated carbocycles. The normalized spacial score (nSPS) is 20.0. The number of carbonyl (C=O) groups excluding carboxylic acids is 2. The van der Waals surface area contributed by atoms with Crippen molar-refractivity contribution >= 4 is 29.7 Å². The van der Waals surface area contributed by atoms with E-state index < -0.39 is 23.7 Å². The number of thioether (sulfide) groups is 1. The van der Waals surface area contributed by atoms with Gasteiger partial charge in [0.1, 0.15) is 12.6 Å². The minimum Gasteiger partial charge on any atom is -0.479 e. The Morgan fingerprint density at radius 3 is 2.40 bits per heavy atom. The van der Waals surface area contributed by atoms with Gasteiger partial charge in [-0.3, -0.25) is 4.79 Å². The molecule has 0 aromatic heterocycles. The van der Waals surface area contributed by atoms with Crippen molar-refractivity contribution in [2.24, 2.45) is 0 Å². The summed E-state index contributed by atoms with van der Waals surface area (Å²) in [7, 11) is 0. The van der Waals surface area contributed by atoms with Gasteiger partial charge in [0.15, 0.2) is 5.60 Å². The van der Waals surface area contributed by atoms with Gasteiger partial charge in [0.25, 0.3) is 0 Å². The van der Waals surface area contributed by atoms with Crippen LogP contribution < -0.4 is 5.32 Å². The van der Waals surface area contributed by atoms with Crippen LogP contribution in [0.2, 0.25) is 0 Å². The van der Waals surface area contributed by atoms with Crippen LogP contribution >= 0.6 is 11.8 Å². The number of hydrogen-bond donors (Lipinski definition) is 2. The van der Waals surface area contributed by atoms with Gasteiger partial charge in [-0.25, -0.2) is 9.59 Å². The molecule has 1 saturated heterocycles. The van der Waals surface area contributed by atoms with Crippen LogP contribution in [0.3, 0.4) is 0 Å². The molecule has 35 heavy (non-hydrogen) atoms. The van der Waals surface area contributed by atoms with Crippen LogP contribution in [0.1, 0.15) is 30.4 Å². The Morgan fingerprint density at radius 1 is 1.17 bits per heavy atom. The summed E-state index contributed by atoms with van der Waals surface area (Å²) in [4.78, 5) is 39.1. The molecule has 2 aromatic rings. The van der Waals surface area contributed by atoms with Crippen molar-refractivity contribution in [2.75, 3.05) is 38.3 Å². The third-order valence-corrected chi connectivity index (χ3v) is 7.23. The maximum Gasteiger partial charge on any atom is 0.407 e. The van der Waals surface area contributed by atoms with Gasteiger partial charge in [-0.05, 0) is 47.6 Å². The molecule has 0 radical (unpaired) electrons. The number of rotatable bonds is 8. The number of carboxylic acid groups (broad SMARTS) is 1. The Kier molecular flexibility index (Phi) is 7.66. The van der Waals surface area contributed by atoms with E-state index in [4.69, 9.17) is 9.47 Å². The summed E-state index contributed by atoms with van der Waals surface area (Å²) < 4.78 is 11.0. The number of benzene rings is 2. The lowest BCUT2D eigenvalue weighted by atomic mass is 9.98. The molecule has 186 valence electrons. The monoisotopic (exact) mass is 498 g/mol. The van der Waals surface area contributed by atoms with E-state index in [-0.39, 0.29) is 38.1 Å². The molecule has 1 fully saturated rings. The first kappa shape index (κ1) is 25.1. The van der Waals surface area contributed by atoms with Crippen LogP contribution in [0.15, 0.2) is 48.5 Å². The van der Waals surface area contributed by atoms with Gasteiger partial charge in [-0.1, -0.05) is 48.5 Å². The molecule has 0 spiro atoms. The summed E-state index contributed by atoms with van der Waals surface area (Å²) in [6.07, 6.45) is 1.66. The Balaban J connectivity index is 1.42. The topological polar surface area (TPSA) is 105 Å². The number of hydrogen-bond acceptors (Lipinski definition) is 6. The minimum absolute atomic E-state index is 0.0796. The molecule has 2 amide bonds. The van der Waals surface area contributed by atoms with Crippen molar-refractivity contribution in [3.8, 4) is 11.1 Å². The number of morpholine rings is 1. The van der Waals surface area contributed by atoms with E-state index in [0.29, 0.717) is 12.2 Å². The zero-order valence-electron chi connectivity index (χ0n) is 19.9. The van der Waals surface area contributed by atoms with E-state index in [1.165, 1.54) is 11.8 Å². The smallest absolute Gasteiger partial charge is 0.407 e. The van der Waals surface area contributed by atoms with Crippen molar-refractivity contribution in [2.45, 2.75) is 30.9 Å². The highest BCUT2D eigenvalue weighted by atomic mass is 32.2. The summed E-state index contributed by atoms with van der Waals surface area (Å²) in [6, 6.07) is 15.4. The lowest BCUT2D eigenvalue weighted by Crippen LogP contribution is -2.59. The second-order valence-corrected chi connectivity index (χ2v) is 9.93. The fraction of sp³-hybridized carbons (Fsp3) is 0.423. The average molecular weight is 499 g/mol. The highest BCUT2D eigenvalue weighted by molar-refractivity contribution is 7.98. The summed E-state index contributed by atoms with van der Waals surface area (Å²) in [5.74, 6) is -0.881. The number of aliphatic carboxylic acids is 1. The number of carbonyl (C=O) groups is 3. The van der Waals surface area contributed by atoms with Gasteiger partial charge in [-0.15, -0.1) is 0 Å². The molecule has 2 aliphatic rings. The van der Waals surface area contributed by atoms with E-state index in [1.807, 2.05) is 42.7 Å². The SMILES string of the molecule is CSCC[C@@H](NC(=O)OCC1c2ccccc2-c2ccccc21)C(=O)N1CCOC(C)(C(=O)O)C1. The summed E-state index contributed by atoms with van der Waals surface area (Å²) in [6.45, 7) is 1.91. The number of amides is 2. The molecule has 1 aliphatic carbocycles. The standard InChI is InChI=1S/C26H30N2O6S/c1-26(24(30)31)16-28(12-13-34-26)23(29)22(11-14-35-2)27-25(32)33-15-21-19-9-5-3-7-17(19)18-8-4-6-10-20(18)21/h3-10,21-22H,11-16H2,1-2H3,(H,27,32)(H,30,31)/t22-,26?/m1/s1. The average Bonchev–Trinajstić information content (AvgIpc) is 3.18. The van der Waals surface area contributed by atoms with Gasteiger partial charge >= 0.3 is 12.1 Å². The number of nitrogens with zero attached hydrogens (tertiary/aromatic N) is 1. The summed E-state index contributed by atoms with van der Waals surface area (Å²) >= 11 is 1.56. The van der Waals surface area contributed by atoms with Gasteiger partial charge < -0.3 is 24.8 Å². The number of nitrogens with one attached hydrogen (secondary N) is 1. The third kappa shape index (κ3) is 5.31. The largest absolute Gasteiger partial charge is 0.479 e. The van der Waals surface area contributed by atoms with Crippen LogP contribution in [0.4, 0.5) is 4.79 Å². The van der Waals surface area contributed by atoms with Crippen molar-refractivity contribution < 1.29 is 29.0 Å². The van der Waals surface area contributed by atoms with Crippen molar-refractivity contribution in [3.63, 3.8) is 0 Å².